The molecule has 0 spiro atoms. The van der Waals surface area contributed by atoms with Crippen molar-refractivity contribution in [2.24, 2.45) is 14.1 Å². The van der Waals surface area contributed by atoms with Crippen LogP contribution in [-0.2, 0) is 18.8 Å². The molecule has 0 bridgehead atoms. The third-order valence-electron chi connectivity index (χ3n) is 4.48. The third kappa shape index (κ3) is 2.43. The van der Waals surface area contributed by atoms with Gasteiger partial charge in [-0.05, 0) is 25.7 Å². The second-order valence-electron chi connectivity index (χ2n) is 5.84. The van der Waals surface area contributed by atoms with Gasteiger partial charge in [0.05, 0.1) is 6.10 Å². The number of hydrogen-bond donors (Lipinski definition) is 2. The molecule has 0 saturated heterocycles. The van der Waals surface area contributed by atoms with Crippen molar-refractivity contribution in [2.75, 3.05) is 12.4 Å². The summed E-state index contributed by atoms with van der Waals surface area (Å²) in [7, 11) is 5.12. The maximum atomic E-state index is 12.0. The summed E-state index contributed by atoms with van der Waals surface area (Å²) in [6, 6.07) is 0.304. The molecule has 0 radical (unpaired) electrons. The number of rotatable bonds is 3. The van der Waals surface area contributed by atoms with Crippen molar-refractivity contribution in [3.05, 3.63) is 20.8 Å². The van der Waals surface area contributed by atoms with E-state index < -0.39 is 11.2 Å². The van der Waals surface area contributed by atoms with Crippen molar-refractivity contribution in [1.29, 1.82) is 0 Å². The van der Waals surface area contributed by atoms with E-state index in [1.54, 1.807) is 25.8 Å². The summed E-state index contributed by atoms with van der Waals surface area (Å²) in [5.74, 6) is 0.613. The van der Waals surface area contributed by atoms with Gasteiger partial charge in [-0.25, -0.2) is 4.79 Å². The van der Waals surface area contributed by atoms with Crippen LogP contribution in [0.25, 0.3) is 11.2 Å². The molecule has 1 aliphatic carbocycles. The van der Waals surface area contributed by atoms with Crippen LogP contribution in [-0.4, -0.2) is 38.4 Å². The zero-order valence-electron chi connectivity index (χ0n) is 13.0. The standard InChI is InChI=1S/C14H21N5O3/c1-18-10-11(19(2)14(21)17-12(10)20)16-13(18)15-8-4-6-9(22-3)7-5-8/h8-9H,4-7H2,1-3H3,(H,15,16)(H,17,20,21). The Bertz CT molecular complexity index is 795. The molecule has 0 atom stereocenters. The van der Waals surface area contributed by atoms with Crippen LogP contribution in [0.1, 0.15) is 25.7 Å². The lowest BCUT2D eigenvalue weighted by atomic mass is 9.93. The van der Waals surface area contributed by atoms with Crippen molar-refractivity contribution >= 4 is 17.1 Å². The van der Waals surface area contributed by atoms with E-state index in [9.17, 15) is 9.59 Å². The molecule has 0 aromatic carbocycles. The summed E-state index contributed by atoms with van der Waals surface area (Å²) in [4.78, 5) is 30.4. The largest absolute Gasteiger partial charge is 0.381 e. The molecular weight excluding hydrogens is 286 g/mol. The van der Waals surface area contributed by atoms with E-state index in [-0.39, 0.29) is 0 Å². The minimum absolute atomic E-state index is 0.304. The fraction of sp³-hybridized carbons (Fsp3) is 0.643. The van der Waals surface area contributed by atoms with Crippen LogP contribution in [0, 0.1) is 0 Å². The number of nitrogens with zero attached hydrogens (tertiary/aromatic N) is 3. The van der Waals surface area contributed by atoms with Gasteiger partial charge < -0.3 is 14.6 Å². The number of hydrogen-bond acceptors (Lipinski definition) is 5. The van der Waals surface area contributed by atoms with E-state index in [2.05, 4.69) is 15.3 Å². The summed E-state index contributed by atoms with van der Waals surface area (Å²) in [5.41, 5.74) is -0.0773. The van der Waals surface area contributed by atoms with Crippen LogP contribution in [0.5, 0.6) is 0 Å². The summed E-state index contributed by atoms with van der Waals surface area (Å²) in [5, 5.41) is 3.39. The molecular formula is C14H21N5O3. The van der Waals surface area contributed by atoms with Gasteiger partial charge in [0.1, 0.15) is 0 Å². The SMILES string of the molecule is COC1CCC(Nc2nc3c(c(=O)[nH]c(=O)n3C)n2C)CC1. The van der Waals surface area contributed by atoms with Crippen molar-refractivity contribution in [3.63, 3.8) is 0 Å². The predicted octanol–water partition coefficient (Wildman–Crippen LogP) is 0.330. The predicted molar refractivity (Wildman–Crippen MR) is 83.3 cm³/mol. The number of imidazole rings is 1. The van der Waals surface area contributed by atoms with Crippen LogP contribution in [0.2, 0.25) is 0 Å². The lowest BCUT2D eigenvalue weighted by Crippen LogP contribution is -2.30. The lowest BCUT2D eigenvalue weighted by molar-refractivity contribution is 0.0681. The molecule has 1 fully saturated rings. The molecule has 2 aromatic rings. The minimum Gasteiger partial charge on any atom is -0.381 e. The first-order valence-corrected chi connectivity index (χ1v) is 7.46. The Balaban J connectivity index is 1.91. The van der Waals surface area contributed by atoms with Crippen molar-refractivity contribution in [2.45, 2.75) is 37.8 Å². The topological polar surface area (TPSA) is 93.9 Å². The number of aryl methyl sites for hydroxylation is 2. The van der Waals surface area contributed by atoms with Gasteiger partial charge in [-0.2, -0.15) is 4.98 Å². The fourth-order valence-corrected chi connectivity index (χ4v) is 3.06. The lowest BCUT2D eigenvalue weighted by Gasteiger charge is -2.28. The third-order valence-corrected chi connectivity index (χ3v) is 4.48. The van der Waals surface area contributed by atoms with E-state index in [1.165, 1.54) is 4.57 Å². The quantitative estimate of drug-likeness (QED) is 0.852. The Morgan fingerprint density at radius 1 is 1.18 bits per heavy atom. The fourth-order valence-electron chi connectivity index (χ4n) is 3.06. The Hall–Kier alpha value is -2.09. The van der Waals surface area contributed by atoms with E-state index in [4.69, 9.17) is 4.74 Å². The van der Waals surface area contributed by atoms with Gasteiger partial charge in [0, 0.05) is 27.2 Å². The molecule has 22 heavy (non-hydrogen) atoms. The van der Waals surface area contributed by atoms with E-state index in [0.717, 1.165) is 25.7 Å². The Kier molecular flexibility index (Phi) is 3.78. The van der Waals surface area contributed by atoms with E-state index >= 15 is 0 Å². The number of fused-ring (bicyclic) bond motifs is 1. The molecule has 0 unspecified atom stereocenters. The summed E-state index contributed by atoms with van der Waals surface area (Å²) in [6.07, 6.45) is 4.35. The molecule has 0 amide bonds. The highest BCUT2D eigenvalue weighted by Crippen LogP contribution is 2.24. The molecule has 1 aliphatic rings. The van der Waals surface area contributed by atoms with Crippen LogP contribution in [0.4, 0.5) is 5.95 Å². The van der Waals surface area contributed by atoms with Gasteiger partial charge >= 0.3 is 5.69 Å². The first-order chi connectivity index (χ1) is 10.5. The maximum Gasteiger partial charge on any atom is 0.329 e. The summed E-state index contributed by atoms with van der Waals surface area (Å²) < 4.78 is 8.43. The normalized spacial score (nSPS) is 22.1. The zero-order chi connectivity index (χ0) is 15.9. The Morgan fingerprint density at radius 3 is 2.50 bits per heavy atom. The summed E-state index contributed by atoms with van der Waals surface area (Å²) >= 11 is 0. The van der Waals surface area contributed by atoms with Gasteiger partial charge in [0.15, 0.2) is 11.2 Å². The molecule has 120 valence electrons. The second kappa shape index (κ2) is 5.60. The van der Waals surface area contributed by atoms with Gasteiger partial charge in [0.2, 0.25) is 5.95 Å². The minimum atomic E-state index is -0.456. The number of anilines is 1. The van der Waals surface area contributed by atoms with Crippen LogP contribution >= 0.6 is 0 Å². The molecule has 2 N–H and O–H groups in total. The highest BCUT2D eigenvalue weighted by molar-refractivity contribution is 5.73. The zero-order valence-corrected chi connectivity index (χ0v) is 13.0. The molecule has 3 rings (SSSR count). The van der Waals surface area contributed by atoms with Gasteiger partial charge in [-0.1, -0.05) is 0 Å². The van der Waals surface area contributed by atoms with Crippen molar-refractivity contribution < 1.29 is 4.74 Å². The number of aromatic amines is 1. The van der Waals surface area contributed by atoms with Crippen LogP contribution < -0.4 is 16.6 Å². The van der Waals surface area contributed by atoms with Crippen molar-refractivity contribution in [3.8, 4) is 0 Å². The van der Waals surface area contributed by atoms with Gasteiger partial charge in [-0.3, -0.25) is 14.3 Å². The summed E-state index contributed by atoms with van der Waals surface area (Å²) in [6.45, 7) is 0. The van der Waals surface area contributed by atoms with E-state index in [0.29, 0.717) is 29.3 Å². The average molecular weight is 307 g/mol. The highest BCUT2D eigenvalue weighted by Gasteiger charge is 2.23. The second-order valence-corrected chi connectivity index (χ2v) is 5.84. The molecule has 8 heteroatoms. The number of ether oxygens (including phenoxy) is 1. The number of nitrogens with one attached hydrogen (secondary N) is 2. The smallest absolute Gasteiger partial charge is 0.329 e. The van der Waals surface area contributed by atoms with Crippen LogP contribution in [0.15, 0.2) is 9.59 Å². The molecule has 2 aromatic heterocycles. The van der Waals surface area contributed by atoms with E-state index in [1.807, 2.05) is 0 Å². The number of methoxy groups -OCH3 is 1. The average Bonchev–Trinajstić information content (AvgIpc) is 2.83. The number of H-pyrrole nitrogens is 1. The number of aromatic nitrogens is 4. The van der Waals surface area contributed by atoms with Gasteiger partial charge in [-0.15, -0.1) is 0 Å². The Labute approximate surface area is 127 Å². The molecule has 0 aliphatic heterocycles. The molecule has 1 saturated carbocycles. The maximum absolute atomic E-state index is 12.0. The van der Waals surface area contributed by atoms with Crippen molar-refractivity contribution in [1.82, 2.24) is 19.1 Å². The first kappa shape index (κ1) is 14.8. The first-order valence-electron chi connectivity index (χ1n) is 7.46. The molecule has 2 heterocycles. The molecule has 8 nitrogen and oxygen atoms in total. The highest BCUT2D eigenvalue weighted by atomic mass is 16.5. The monoisotopic (exact) mass is 307 g/mol. The van der Waals surface area contributed by atoms with Gasteiger partial charge in [0.25, 0.3) is 5.56 Å². The Morgan fingerprint density at radius 2 is 1.86 bits per heavy atom. The van der Waals surface area contributed by atoms with Crippen LogP contribution in [0.3, 0.4) is 0 Å².